The molecule has 0 aliphatic carbocycles. The number of aliphatic hydroxyl groups excluding tert-OH is 1. The molecule has 174 valence electrons. The Morgan fingerprint density at radius 1 is 1.09 bits per heavy atom. The van der Waals surface area contributed by atoms with Gasteiger partial charge in [0.15, 0.2) is 0 Å². The van der Waals surface area contributed by atoms with Gasteiger partial charge in [-0.3, -0.25) is 14.5 Å². The van der Waals surface area contributed by atoms with Crippen molar-refractivity contribution in [1.29, 1.82) is 0 Å². The molecule has 2 aliphatic heterocycles. The van der Waals surface area contributed by atoms with Gasteiger partial charge in [-0.2, -0.15) is 0 Å². The molecular formula is C24H20N2O7S. The minimum atomic E-state index is -3.94. The summed E-state index contributed by atoms with van der Waals surface area (Å²) < 4.78 is 34.5. The van der Waals surface area contributed by atoms with Crippen LogP contribution in [0.2, 0.25) is 0 Å². The highest BCUT2D eigenvalue weighted by Crippen LogP contribution is 2.43. The number of fused-ring (bicyclic) bond motifs is 1. The first-order chi connectivity index (χ1) is 16.1. The van der Waals surface area contributed by atoms with Gasteiger partial charge in [0.1, 0.15) is 29.1 Å². The van der Waals surface area contributed by atoms with Gasteiger partial charge >= 0.3 is 0 Å². The van der Waals surface area contributed by atoms with E-state index < -0.39 is 27.8 Å². The molecule has 3 N–H and O–H groups in total. The van der Waals surface area contributed by atoms with Crippen LogP contribution in [-0.2, 0) is 26.0 Å². The molecule has 1 amide bonds. The monoisotopic (exact) mass is 480 g/mol. The standard InChI is InChI=1S/C24H20N2O7S/c1-13-2-8-19(33-13)21-20(22(27)15-3-9-18-14(12-15)10-11-32-18)23(28)24(29)26(21)16-4-6-17(7-5-16)34(25,30)31/h2-9,12,21,27H,10-11H2,1H3,(H2,25,30,31)/b22-20-. The number of rotatable bonds is 4. The molecule has 2 aliphatic rings. The van der Waals surface area contributed by atoms with Crippen LogP contribution in [0.25, 0.3) is 5.76 Å². The van der Waals surface area contributed by atoms with E-state index in [-0.39, 0.29) is 27.7 Å². The molecule has 3 aromatic rings. The van der Waals surface area contributed by atoms with Crippen LogP contribution in [-0.4, -0.2) is 31.8 Å². The molecule has 1 saturated heterocycles. The number of ether oxygens (including phenoxy) is 1. The lowest BCUT2D eigenvalue weighted by atomic mass is 9.98. The Labute approximate surface area is 195 Å². The van der Waals surface area contributed by atoms with Crippen LogP contribution in [0, 0.1) is 6.92 Å². The summed E-state index contributed by atoms with van der Waals surface area (Å²) in [6.07, 6.45) is 0.669. The maximum atomic E-state index is 13.2. The average molecular weight is 480 g/mol. The lowest BCUT2D eigenvalue weighted by Gasteiger charge is -2.23. The zero-order valence-corrected chi connectivity index (χ0v) is 18.8. The van der Waals surface area contributed by atoms with Crippen molar-refractivity contribution in [1.82, 2.24) is 0 Å². The molecule has 1 atom stereocenters. The zero-order chi connectivity index (χ0) is 24.2. The van der Waals surface area contributed by atoms with Gasteiger partial charge in [-0.1, -0.05) is 0 Å². The molecule has 2 aromatic carbocycles. The highest BCUT2D eigenvalue weighted by molar-refractivity contribution is 7.89. The predicted molar refractivity (Wildman–Crippen MR) is 122 cm³/mol. The van der Waals surface area contributed by atoms with Crippen molar-refractivity contribution in [3.05, 3.63) is 82.8 Å². The number of aliphatic hydroxyl groups is 1. The van der Waals surface area contributed by atoms with Gasteiger partial charge in [-0.15, -0.1) is 0 Å². The van der Waals surface area contributed by atoms with Gasteiger partial charge in [-0.05, 0) is 67.1 Å². The number of primary sulfonamides is 1. The molecule has 1 fully saturated rings. The van der Waals surface area contributed by atoms with Gasteiger partial charge in [0.25, 0.3) is 11.7 Å². The first-order valence-corrected chi connectivity index (χ1v) is 12.0. The number of carbonyl (C=O) groups is 2. The van der Waals surface area contributed by atoms with E-state index in [0.29, 0.717) is 30.1 Å². The quantitative estimate of drug-likeness (QED) is 0.332. The number of ketones is 1. The first-order valence-electron chi connectivity index (χ1n) is 10.4. The van der Waals surface area contributed by atoms with E-state index in [1.165, 1.54) is 29.2 Å². The molecule has 0 saturated carbocycles. The fourth-order valence-corrected chi connectivity index (χ4v) is 4.77. The lowest BCUT2D eigenvalue weighted by molar-refractivity contribution is -0.132. The molecule has 5 rings (SSSR count). The van der Waals surface area contributed by atoms with E-state index in [1.54, 1.807) is 37.3 Å². The largest absolute Gasteiger partial charge is 0.507 e. The molecule has 0 bridgehead atoms. The van der Waals surface area contributed by atoms with E-state index in [1.807, 2.05) is 0 Å². The molecular weight excluding hydrogens is 460 g/mol. The lowest BCUT2D eigenvalue weighted by Crippen LogP contribution is -2.29. The number of hydrogen-bond donors (Lipinski definition) is 2. The second kappa shape index (κ2) is 7.86. The smallest absolute Gasteiger partial charge is 0.300 e. The number of nitrogens with two attached hydrogens (primary N) is 1. The van der Waals surface area contributed by atoms with Crippen LogP contribution in [0.3, 0.4) is 0 Å². The minimum Gasteiger partial charge on any atom is -0.507 e. The van der Waals surface area contributed by atoms with Gasteiger partial charge < -0.3 is 14.3 Å². The number of amides is 1. The number of aryl methyl sites for hydroxylation is 1. The second-order valence-electron chi connectivity index (χ2n) is 8.08. The fraction of sp³-hybridized carbons (Fsp3) is 0.167. The predicted octanol–water partition coefficient (Wildman–Crippen LogP) is 2.80. The summed E-state index contributed by atoms with van der Waals surface area (Å²) in [5.41, 5.74) is 1.38. The van der Waals surface area contributed by atoms with Crippen molar-refractivity contribution in [2.45, 2.75) is 24.3 Å². The molecule has 0 spiro atoms. The summed E-state index contributed by atoms with van der Waals surface area (Å²) in [4.78, 5) is 27.3. The van der Waals surface area contributed by atoms with Crippen molar-refractivity contribution in [3.63, 3.8) is 0 Å². The van der Waals surface area contributed by atoms with Crippen LogP contribution in [0.4, 0.5) is 5.69 Å². The molecule has 3 heterocycles. The van der Waals surface area contributed by atoms with E-state index >= 15 is 0 Å². The summed E-state index contributed by atoms with van der Waals surface area (Å²) in [6, 6.07) is 12.6. The van der Waals surface area contributed by atoms with E-state index in [9.17, 15) is 23.1 Å². The number of hydrogen-bond acceptors (Lipinski definition) is 7. The highest BCUT2D eigenvalue weighted by Gasteiger charge is 2.48. The second-order valence-corrected chi connectivity index (χ2v) is 9.64. The highest BCUT2D eigenvalue weighted by atomic mass is 32.2. The number of Topliss-reactive ketones (excluding diaryl/α,β-unsaturated/α-hetero) is 1. The fourth-order valence-electron chi connectivity index (χ4n) is 4.25. The van der Waals surface area contributed by atoms with Crippen LogP contribution in [0.5, 0.6) is 5.75 Å². The van der Waals surface area contributed by atoms with Crippen LogP contribution >= 0.6 is 0 Å². The van der Waals surface area contributed by atoms with E-state index in [0.717, 1.165) is 5.56 Å². The summed E-state index contributed by atoms with van der Waals surface area (Å²) in [7, 11) is -3.94. The van der Waals surface area contributed by atoms with Gasteiger partial charge in [0, 0.05) is 17.7 Å². The summed E-state index contributed by atoms with van der Waals surface area (Å²) in [5.74, 6) is -0.559. The molecule has 10 heteroatoms. The van der Waals surface area contributed by atoms with Crippen molar-refractivity contribution < 1.29 is 32.3 Å². The maximum Gasteiger partial charge on any atom is 0.300 e. The summed E-state index contributed by atoms with van der Waals surface area (Å²) in [6.45, 7) is 2.25. The molecule has 9 nitrogen and oxygen atoms in total. The van der Waals surface area contributed by atoms with Gasteiger partial charge in [-0.25, -0.2) is 13.6 Å². The summed E-state index contributed by atoms with van der Waals surface area (Å²) >= 11 is 0. The zero-order valence-electron chi connectivity index (χ0n) is 18.0. The molecule has 1 aromatic heterocycles. The van der Waals surface area contributed by atoms with Crippen LogP contribution in [0.1, 0.15) is 28.7 Å². The Kier molecular flexibility index (Phi) is 5.07. The number of anilines is 1. The van der Waals surface area contributed by atoms with E-state index in [2.05, 4.69) is 0 Å². The van der Waals surface area contributed by atoms with Gasteiger partial charge in [0.2, 0.25) is 10.0 Å². The summed E-state index contributed by atoms with van der Waals surface area (Å²) in [5, 5.41) is 16.4. The Balaban J connectivity index is 1.67. The van der Waals surface area contributed by atoms with Crippen LogP contribution < -0.4 is 14.8 Å². The van der Waals surface area contributed by atoms with Crippen molar-refractivity contribution in [2.24, 2.45) is 5.14 Å². The van der Waals surface area contributed by atoms with Crippen molar-refractivity contribution in [2.75, 3.05) is 11.5 Å². The minimum absolute atomic E-state index is 0.131. The Morgan fingerprint density at radius 3 is 2.47 bits per heavy atom. The third-order valence-electron chi connectivity index (χ3n) is 5.88. The Hall–Kier alpha value is -3.89. The van der Waals surface area contributed by atoms with Gasteiger partial charge in [0.05, 0.1) is 17.1 Å². The third kappa shape index (κ3) is 3.57. The first kappa shape index (κ1) is 21.9. The molecule has 1 unspecified atom stereocenters. The Morgan fingerprint density at radius 2 is 1.82 bits per heavy atom. The topological polar surface area (TPSA) is 140 Å². The number of furan rings is 1. The number of carbonyl (C=O) groups excluding carboxylic acids is 2. The average Bonchev–Trinajstić information content (AvgIpc) is 3.51. The van der Waals surface area contributed by atoms with Crippen LogP contribution in [0.15, 0.2) is 69.5 Å². The molecule has 34 heavy (non-hydrogen) atoms. The normalized spacial score (nSPS) is 19.4. The number of sulfonamides is 1. The van der Waals surface area contributed by atoms with E-state index in [4.69, 9.17) is 14.3 Å². The number of benzene rings is 2. The molecule has 0 radical (unpaired) electrons. The third-order valence-corrected chi connectivity index (χ3v) is 6.81. The Bertz CT molecular complexity index is 1470. The maximum absolute atomic E-state index is 13.2. The number of nitrogens with zero attached hydrogens (tertiary/aromatic N) is 1. The van der Waals surface area contributed by atoms with Crippen molar-refractivity contribution in [3.8, 4) is 5.75 Å². The SMILES string of the molecule is Cc1ccc(C2/C(=C(/O)c3ccc4c(c3)CCO4)C(=O)C(=O)N2c2ccc(S(N)(=O)=O)cc2)o1. The van der Waals surface area contributed by atoms with Crippen molar-refractivity contribution >= 4 is 33.2 Å².